The third kappa shape index (κ3) is 37.1. The molecule has 0 N–H and O–H groups in total. The Balaban J connectivity index is 3.75. The van der Waals surface area contributed by atoms with Crippen molar-refractivity contribution in [2.75, 3.05) is 13.2 Å². The second-order valence-electron chi connectivity index (χ2n) is 18.5. The van der Waals surface area contributed by atoms with E-state index < -0.39 is 0 Å². The van der Waals surface area contributed by atoms with Crippen LogP contribution in [0, 0.1) is 35.5 Å². The van der Waals surface area contributed by atoms with Gasteiger partial charge in [0.2, 0.25) is 0 Å². The van der Waals surface area contributed by atoms with Crippen LogP contribution >= 0.6 is 0 Å². The summed E-state index contributed by atoms with van der Waals surface area (Å²) in [7, 11) is 0. The summed E-state index contributed by atoms with van der Waals surface area (Å²) in [6, 6.07) is 0. The van der Waals surface area contributed by atoms with Crippen LogP contribution in [-0.4, -0.2) is 25.2 Å². The van der Waals surface area contributed by atoms with Crippen molar-refractivity contribution in [3.63, 3.8) is 0 Å². The fourth-order valence-corrected chi connectivity index (χ4v) is 7.39. The van der Waals surface area contributed by atoms with Crippen molar-refractivity contribution in [3.8, 4) is 0 Å². The maximum Gasteiger partial charge on any atom is 0.306 e. The van der Waals surface area contributed by atoms with E-state index in [-0.39, 0.29) is 11.9 Å². The van der Waals surface area contributed by atoms with Crippen LogP contribution in [0.1, 0.15) is 230 Å². The lowest BCUT2D eigenvalue weighted by molar-refractivity contribution is -0.143. The predicted octanol–water partition coefficient (Wildman–Crippen LogP) is 15.6. The van der Waals surface area contributed by atoms with E-state index in [0.717, 1.165) is 80.5 Å². The number of esters is 2. The molecule has 0 aromatic carbocycles. The first-order valence-electron chi connectivity index (χ1n) is 22.9. The molecule has 312 valence electrons. The lowest BCUT2D eigenvalue weighted by Gasteiger charge is -2.15. The number of unbranched alkanes of at least 4 members (excludes halogenated alkanes) is 4. The Kier molecular flexibility index (Phi) is 33.8. The highest BCUT2D eigenvalue weighted by atomic mass is 16.5. The van der Waals surface area contributed by atoms with E-state index in [9.17, 15) is 9.59 Å². The Bertz CT molecular complexity index is 857. The average Bonchev–Trinajstić information content (AvgIpc) is 3.07. The van der Waals surface area contributed by atoms with Gasteiger partial charge in [0.05, 0.1) is 0 Å². The molecule has 0 radical (unpaired) electrons. The van der Waals surface area contributed by atoms with Gasteiger partial charge in [-0.25, -0.2) is 0 Å². The molecule has 0 heterocycles. The van der Waals surface area contributed by atoms with Gasteiger partial charge < -0.3 is 9.47 Å². The van der Waals surface area contributed by atoms with Gasteiger partial charge in [-0.15, -0.1) is 0 Å². The number of allylic oxidation sites excluding steroid dienone is 2. The molecule has 4 nitrogen and oxygen atoms in total. The Morgan fingerprint density at radius 1 is 0.377 bits per heavy atom. The summed E-state index contributed by atoms with van der Waals surface area (Å²) in [5, 5.41) is 0. The second kappa shape index (κ2) is 34.9. The number of rotatable bonds is 36. The van der Waals surface area contributed by atoms with Crippen LogP contribution in [0.5, 0.6) is 0 Å². The van der Waals surface area contributed by atoms with E-state index >= 15 is 0 Å². The molecule has 0 unspecified atom stereocenters. The molecule has 0 saturated heterocycles. The van der Waals surface area contributed by atoms with Crippen LogP contribution in [0.2, 0.25) is 0 Å². The van der Waals surface area contributed by atoms with Gasteiger partial charge in [-0.2, -0.15) is 0 Å². The minimum atomic E-state index is -0.101. The summed E-state index contributed by atoms with van der Waals surface area (Å²) in [5.74, 6) is 4.78. The number of hydrogen-bond donors (Lipinski definition) is 0. The molecule has 0 aliphatic heterocycles. The van der Waals surface area contributed by atoms with Crippen LogP contribution < -0.4 is 0 Å². The molecule has 0 aliphatic rings. The summed E-state index contributed by atoms with van der Waals surface area (Å²) in [6.07, 6.45) is 33.4. The highest BCUT2D eigenvalue weighted by Crippen LogP contribution is 2.23. The molecule has 0 amide bonds. The largest absolute Gasteiger partial charge is 0.461 e. The van der Waals surface area contributed by atoms with Crippen LogP contribution in [0.25, 0.3) is 0 Å². The normalized spacial score (nSPS) is 14.8. The van der Waals surface area contributed by atoms with Gasteiger partial charge in [-0.1, -0.05) is 176 Å². The van der Waals surface area contributed by atoms with Gasteiger partial charge in [0.25, 0.3) is 0 Å². The first kappa shape index (κ1) is 51.4. The fourth-order valence-electron chi connectivity index (χ4n) is 7.39. The molecule has 0 bridgehead atoms. The van der Waals surface area contributed by atoms with Crippen molar-refractivity contribution in [1.29, 1.82) is 0 Å². The summed E-state index contributed by atoms with van der Waals surface area (Å²) in [5.41, 5.74) is 2.65. The minimum absolute atomic E-state index is 0.101. The zero-order valence-corrected chi connectivity index (χ0v) is 37.3. The molecule has 0 fully saturated rings. The Morgan fingerprint density at radius 2 is 0.660 bits per heavy atom. The third-order valence-corrected chi connectivity index (χ3v) is 11.4. The van der Waals surface area contributed by atoms with Crippen molar-refractivity contribution in [1.82, 2.24) is 0 Å². The van der Waals surface area contributed by atoms with Crippen molar-refractivity contribution in [3.05, 3.63) is 23.3 Å². The van der Waals surface area contributed by atoms with Crippen molar-refractivity contribution in [2.45, 2.75) is 230 Å². The van der Waals surface area contributed by atoms with E-state index in [2.05, 4.69) is 81.4 Å². The van der Waals surface area contributed by atoms with Crippen molar-refractivity contribution in [2.24, 2.45) is 35.5 Å². The zero-order chi connectivity index (χ0) is 39.7. The van der Waals surface area contributed by atoms with Gasteiger partial charge >= 0.3 is 11.9 Å². The molecule has 4 atom stereocenters. The second-order valence-corrected chi connectivity index (χ2v) is 18.5. The van der Waals surface area contributed by atoms with E-state index in [0.29, 0.717) is 26.1 Å². The first-order valence-corrected chi connectivity index (χ1v) is 22.9. The summed E-state index contributed by atoms with van der Waals surface area (Å²) in [6.45, 7) is 24.1. The van der Waals surface area contributed by atoms with E-state index in [1.165, 1.54) is 114 Å². The van der Waals surface area contributed by atoms with E-state index in [1.807, 2.05) is 0 Å². The highest BCUT2D eigenvalue weighted by molar-refractivity contribution is 5.69. The Labute approximate surface area is 331 Å². The number of hydrogen-bond acceptors (Lipinski definition) is 4. The van der Waals surface area contributed by atoms with Crippen molar-refractivity contribution >= 4 is 11.9 Å². The van der Waals surface area contributed by atoms with Crippen molar-refractivity contribution < 1.29 is 19.1 Å². The minimum Gasteiger partial charge on any atom is -0.461 e. The standard InChI is InChI=1S/C49H92O4/c1-40(2)22-16-24-42(5)26-18-28-44(7)30-20-32-46(9)36-38-52-48(50)34-14-12-11-13-15-35-49(51)53-39-37-47(10)33-21-31-45(8)29-19-27-43(6)25-17-23-41(3)4/h36-37,40-45H,11-35,38-39H2,1-10H3/b46-36+,47-37+/t42-,43-,44-,45-/m1/s1. The third-order valence-electron chi connectivity index (χ3n) is 11.4. The molecule has 0 aliphatic carbocycles. The number of carbonyl (C=O) groups excluding carboxylic acids is 2. The molecule has 0 saturated carbocycles. The topological polar surface area (TPSA) is 52.6 Å². The SMILES string of the molecule is C/C(=C\COC(=O)CCCCCCCC(=O)OC/C=C(\C)CCC[C@H](C)CCC[C@H](C)CCCC(C)C)CCC[C@H](C)CCC[C@H](C)CCCC(C)C. The zero-order valence-electron chi connectivity index (χ0n) is 37.3. The Morgan fingerprint density at radius 3 is 0.981 bits per heavy atom. The quantitative estimate of drug-likeness (QED) is 0.0364. The lowest BCUT2D eigenvalue weighted by atomic mass is 9.91. The molecule has 0 aromatic heterocycles. The lowest BCUT2D eigenvalue weighted by Crippen LogP contribution is -2.05. The monoisotopic (exact) mass is 745 g/mol. The molecule has 4 heteroatoms. The molecule has 0 rings (SSSR count). The number of ether oxygens (including phenoxy) is 2. The number of carbonyl (C=O) groups is 2. The predicted molar refractivity (Wildman–Crippen MR) is 231 cm³/mol. The first-order chi connectivity index (χ1) is 25.3. The summed E-state index contributed by atoms with van der Waals surface area (Å²) < 4.78 is 10.9. The van der Waals surface area contributed by atoms with E-state index in [4.69, 9.17) is 9.47 Å². The molecule has 0 spiro atoms. The highest BCUT2D eigenvalue weighted by Gasteiger charge is 2.09. The van der Waals surface area contributed by atoms with Gasteiger partial charge in [0.15, 0.2) is 0 Å². The fraction of sp³-hybridized carbons (Fsp3) is 0.878. The van der Waals surface area contributed by atoms with Crippen LogP contribution in [0.3, 0.4) is 0 Å². The molecular weight excluding hydrogens is 653 g/mol. The summed E-state index contributed by atoms with van der Waals surface area (Å²) >= 11 is 0. The van der Waals surface area contributed by atoms with Gasteiger partial charge in [-0.05, 0) is 100 Å². The Hall–Kier alpha value is -1.58. The molecule has 53 heavy (non-hydrogen) atoms. The maximum atomic E-state index is 12.2. The van der Waals surface area contributed by atoms with E-state index in [1.54, 1.807) is 0 Å². The van der Waals surface area contributed by atoms with Crippen LogP contribution in [-0.2, 0) is 19.1 Å². The van der Waals surface area contributed by atoms with Crippen LogP contribution in [0.15, 0.2) is 23.3 Å². The average molecular weight is 745 g/mol. The van der Waals surface area contributed by atoms with Gasteiger partial charge in [0, 0.05) is 12.8 Å². The summed E-state index contributed by atoms with van der Waals surface area (Å²) in [4.78, 5) is 24.3. The van der Waals surface area contributed by atoms with Gasteiger partial charge in [-0.3, -0.25) is 9.59 Å². The van der Waals surface area contributed by atoms with Gasteiger partial charge in [0.1, 0.15) is 13.2 Å². The van der Waals surface area contributed by atoms with Crippen LogP contribution in [0.4, 0.5) is 0 Å². The molecule has 0 aromatic rings. The smallest absolute Gasteiger partial charge is 0.306 e. The molecular formula is C49H92O4. The maximum absolute atomic E-state index is 12.2.